The van der Waals surface area contributed by atoms with E-state index in [1.54, 1.807) is 29.2 Å². The second-order valence-electron chi connectivity index (χ2n) is 6.56. The van der Waals surface area contributed by atoms with E-state index in [1.807, 2.05) is 12.1 Å². The van der Waals surface area contributed by atoms with Crippen LogP contribution in [-0.2, 0) is 13.0 Å². The molecule has 4 aromatic rings. The molecule has 4 rings (SSSR count). The Morgan fingerprint density at radius 1 is 0.967 bits per heavy atom. The molecule has 0 aliphatic heterocycles. The molecule has 10 heteroatoms. The van der Waals surface area contributed by atoms with Crippen molar-refractivity contribution >= 4 is 0 Å². The number of benzene rings is 1. The summed E-state index contributed by atoms with van der Waals surface area (Å²) in [5.41, 5.74) is 0.981. The van der Waals surface area contributed by atoms with Gasteiger partial charge in [-0.3, -0.25) is 4.98 Å². The van der Waals surface area contributed by atoms with Crippen LogP contribution in [0.3, 0.4) is 0 Å². The predicted octanol–water partition coefficient (Wildman–Crippen LogP) is 4.56. The Kier molecular flexibility index (Phi) is 5.06. The number of alkyl halides is 3. The summed E-state index contributed by atoms with van der Waals surface area (Å²) in [7, 11) is 0. The molecule has 3 heterocycles. The van der Waals surface area contributed by atoms with Crippen molar-refractivity contribution in [2.45, 2.75) is 19.1 Å². The second kappa shape index (κ2) is 7.69. The fourth-order valence-electron chi connectivity index (χ4n) is 2.99. The molecule has 0 amide bonds. The SMILES string of the molecule is Fc1ccc(F)c(Cn2nc(CC(F)(F)F)nc2-c2cncc(-n3cccc3)c2)c1. The fourth-order valence-corrected chi connectivity index (χ4v) is 2.99. The molecule has 5 nitrogen and oxygen atoms in total. The zero-order chi connectivity index (χ0) is 21.3. The lowest BCUT2D eigenvalue weighted by molar-refractivity contribution is -0.128. The number of nitrogens with zero attached hydrogens (tertiary/aromatic N) is 5. The number of aromatic nitrogens is 5. The summed E-state index contributed by atoms with van der Waals surface area (Å²) in [4.78, 5) is 8.13. The molecule has 0 N–H and O–H groups in total. The van der Waals surface area contributed by atoms with E-state index in [4.69, 9.17) is 0 Å². The molecule has 0 atom stereocenters. The maximum absolute atomic E-state index is 14.1. The first kappa shape index (κ1) is 19.7. The highest BCUT2D eigenvalue weighted by Gasteiger charge is 2.31. The molecule has 3 aromatic heterocycles. The summed E-state index contributed by atoms with van der Waals surface area (Å²) in [5.74, 6) is -1.77. The third kappa shape index (κ3) is 4.37. The van der Waals surface area contributed by atoms with Crippen molar-refractivity contribution in [1.82, 2.24) is 24.3 Å². The van der Waals surface area contributed by atoms with Gasteiger partial charge >= 0.3 is 6.18 Å². The van der Waals surface area contributed by atoms with E-state index in [1.165, 1.54) is 6.20 Å². The third-order valence-corrected chi connectivity index (χ3v) is 4.29. The van der Waals surface area contributed by atoms with Crippen molar-refractivity contribution in [1.29, 1.82) is 0 Å². The van der Waals surface area contributed by atoms with E-state index in [9.17, 15) is 22.0 Å². The number of hydrogen-bond donors (Lipinski definition) is 0. The minimum absolute atomic E-state index is 0.0609. The van der Waals surface area contributed by atoms with Crippen molar-refractivity contribution in [3.05, 3.63) is 84.2 Å². The van der Waals surface area contributed by atoms with E-state index in [2.05, 4.69) is 15.1 Å². The molecule has 0 unspecified atom stereocenters. The van der Waals surface area contributed by atoms with E-state index in [0.29, 0.717) is 11.3 Å². The maximum atomic E-state index is 14.1. The lowest BCUT2D eigenvalue weighted by atomic mass is 10.2. The van der Waals surface area contributed by atoms with Crippen LogP contribution in [0, 0.1) is 11.6 Å². The molecule has 0 saturated heterocycles. The Balaban J connectivity index is 1.78. The van der Waals surface area contributed by atoms with Crippen molar-refractivity contribution in [3.8, 4) is 17.1 Å². The average Bonchev–Trinajstić information content (AvgIpc) is 3.34. The van der Waals surface area contributed by atoms with Gasteiger partial charge < -0.3 is 4.57 Å². The largest absolute Gasteiger partial charge is 0.396 e. The van der Waals surface area contributed by atoms with Gasteiger partial charge in [-0.1, -0.05) is 0 Å². The minimum Gasteiger partial charge on any atom is -0.322 e. The Hall–Kier alpha value is -3.56. The zero-order valence-electron chi connectivity index (χ0n) is 15.3. The van der Waals surface area contributed by atoms with E-state index >= 15 is 0 Å². The highest BCUT2D eigenvalue weighted by atomic mass is 19.4. The van der Waals surface area contributed by atoms with Gasteiger partial charge in [-0.05, 0) is 36.4 Å². The van der Waals surface area contributed by atoms with Crippen molar-refractivity contribution in [2.75, 3.05) is 0 Å². The van der Waals surface area contributed by atoms with Crippen molar-refractivity contribution in [3.63, 3.8) is 0 Å². The van der Waals surface area contributed by atoms with Crippen LogP contribution in [0.4, 0.5) is 22.0 Å². The Bertz CT molecular complexity index is 1160. The summed E-state index contributed by atoms with van der Waals surface area (Å²) < 4.78 is 69.1. The van der Waals surface area contributed by atoms with Gasteiger partial charge in [-0.15, -0.1) is 0 Å². The highest BCUT2D eigenvalue weighted by molar-refractivity contribution is 5.57. The third-order valence-electron chi connectivity index (χ3n) is 4.29. The van der Waals surface area contributed by atoms with Crippen LogP contribution in [0.2, 0.25) is 0 Å². The molecule has 0 aliphatic rings. The Morgan fingerprint density at radius 3 is 2.47 bits per heavy atom. The fraction of sp³-hybridized carbons (Fsp3) is 0.150. The highest BCUT2D eigenvalue weighted by Crippen LogP contribution is 2.25. The summed E-state index contributed by atoms with van der Waals surface area (Å²) in [5, 5.41) is 3.89. The molecular weight excluding hydrogens is 405 g/mol. The first-order valence-corrected chi connectivity index (χ1v) is 8.82. The number of rotatable bonds is 5. The number of halogens is 5. The van der Waals surface area contributed by atoms with Gasteiger partial charge in [0, 0.05) is 29.7 Å². The first-order valence-electron chi connectivity index (χ1n) is 8.82. The standard InChI is InChI=1S/C20H14F5N5/c21-15-3-4-17(22)14(7-15)12-30-19(27-18(28-30)9-20(23,24)25)13-8-16(11-26-10-13)29-5-1-2-6-29/h1-8,10-11H,9,12H2. The van der Waals surface area contributed by atoms with Gasteiger partial charge in [-0.25, -0.2) is 18.4 Å². The van der Waals surface area contributed by atoms with Crippen LogP contribution in [0.15, 0.2) is 61.2 Å². The van der Waals surface area contributed by atoms with Crippen LogP contribution >= 0.6 is 0 Å². The molecule has 0 fully saturated rings. The molecule has 0 bridgehead atoms. The lowest BCUT2D eigenvalue weighted by Gasteiger charge is -2.09. The Morgan fingerprint density at radius 2 is 1.73 bits per heavy atom. The van der Waals surface area contributed by atoms with Crippen LogP contribution in [0.5, 0.6) is 0 Å². The molecule has 0 radical (unpaired) electrons. The summed E-state index contributed by atoms with van der Waals surface area (Å²) >= 11 is 0. The summed E-state index contributed by atoms with van der Waals surface area (Å²) in [6.45, 7) is -0.294. The molecule has 0 spiro atoms. The lowest BCUT2D eigenvalue weighted by Crippen LogP contribution is -2.13. The summed E-state index contributed by atoms with van der Waals surface area (Å²) in [6.07, 6.45) is 0.702. The minimum atomic E-state index is -4.52. The monoisotopic (exact) mass is 419 g/mol. The molecule has 30 heavy (non-hydrogen) atoms. The van der Waals surface area contributed by atoms with Gasteiger partial charge in [0.25, 0.3) is 0 Å². The van der Waals surface area contributed by atoms with E-state index in [-0.39, 0.29) is 17.9 Å². The molecule has 154 valence electrons. The van der Waals surface area contributed by atoms with Crippen LogP contribution < -0.4 is 0 Å². The van der Waals surface area contributed by atoms with Crippen LogP contribution in [0.1, 0.15) is 11.4 Å². The normalized spacial score (nSPS) is 11.8. The molecule has 0 saturated carbocycles. The topological polar surface area (TPSA) is 48.5 Å². The van der Waals surface area contributed by atoms with Gasteiger partial charge in [0.2, 0.25) is 0 Å². The molecule has 0 aliphatic carbocycles. The van der Waals surface area contributed by atoms with Gasteiger partial charge in [-0.2, -0.15) is 18.3 Å². The zero-order valence-corrected chi connectivity index (χ0v) is 15.3. The number of pyridine rings is 1. The quantitative estimate of drug-likeness (QED) is 0.446. The molecule has 1 aromatic carbocycles. The smallest absolute Gasteiger partial charge is 0.322 e. The van der Waals surface area contributed by atoms with Crippen LogP contribution in [0.25, 0.3) is 17.1 Å². The van der Waals surface area contributed by atoms with Crippen LogP contribution in [-0.4, -0.2) is 30.5 Å². The Labute approximate surface area is 167 Å². The van der Waals surface area contributed by atoms with Gasteiger partial charge in [0.15, 0.2) is 11.6 Å². The summed E-state index contributed by atoms with van der Waals surface area (Å²) in [6, 6.07) is 8.17. The second-order valence-corrected chi connectivity index (χ2v) is 6.56. The van der Waals surface area contributed by atoms with Crippen molar-refractivity contribution < 1.29 is 22.0 Å². The average molecular weight is 419 g/mol. The van der Waals surface area contributed by atoms with E-state index < -0.39 is 30.1 Å². The molecular formula is C20H14F5N5. The first-order chi connectivity index (χ1) is 14.3. The van der Waals surface area contributed by atoms with E-state index in [0.717, 1.165) is 22.9 Å². The predicted molar refractivity (Wildman–Crippen MR) is 97.8 cm³/mol. The number of hydrogen-bond acceptors (Lipinski definition) is 3. The van der Waals surface area contributed by atoms with Crippen molar-refractivity contribution in [2.24, 2.45) is 0 Å². The maximum Gasteiger partial charge on any atom is 0.396 e. The van der Waals surface area contributed by atoms with Gasteiger partial charge in [0.1, 0.15) is 18.1 Å². The van der Waals surface area contributed by atoms with Gasteiger partial charge in [0.05, 0.1) is 18.4 Å².